The molecule has 2 rings (SSSR count). The van der Waals surface area contributed by atoms with Gasteiger partial charge in [0.25, 0.3) is 5.91 Å². The third-order valence-electron chi connectivity index (χ3n) is 2.68. The van der Waals surface area contributed by atoms with Crippen molar-refractivity contribution in [3.05, 3.63) is 52.9 Å². The van der Waals surface area contributed by atoms with Gasteiger partial charge in [-0.25, -0.2) is 4.98 Å². The molecular weight excluding hydrogens is 264 g/mol. The number of carbonyl (C=O) groups excluding carboxylic acids is 1. The monoisotopic (exact) mass is 276 g/mol. The van der Waals surface area contributed by atoms with Crippen molar-refractivity contribution in [3.63, 3.8) is 0 Å². The Morgan fingerprint density at radius 2 is 2.05 bits per heavy atom. The number of carbonyl (C=O) groups is 1. The molecule has 0 saturated heterocycles. The van der Waals surface area contributed by atoms with Gasteiger partial charge in [-0.05, 0) is 24.1 Å². The van der Waals surface area contributed by atoms with E-state index in [1.165, 1.54) is 6.20 Å². The van der Waals surface area contributed by atoms with Crippen LogP contribution in [0.5, 0.6) is 0 Å². The van der Waals surface area contributed by atoms with Crippen molar-refractivity contribution in [2.24, 2.45) is 5.73 Å². The van der Waals surface area contributed by atoms with E-state index in [0.29, 0.717) is 5.82 Å². The van der Waals surface area contributed by atoms with Crippen LogP contribution in [-0.4, -0.2) is 15.9 Å². The molecule has 0 aliphatic rings. The maximum Gasteiger partial charge on any atom is 0.254 e. The van der Waals surface area contributed by atoms with Crippen LogP contribution in [0, 0.1) is 0 Å². The molecule has 1 aromatic heterocycles. The van der Waals surface area contributed by atoms with Crippen LogP contribution < -0.4 is 11.1 Å². The number of primary amides is 1. The molecule has 98 valence electrons. The Morgan fingerprint density at radius 3 is 2.68 bits per heavy atom. The van der Waals surface area contributed by atoms with Gasteiger partial charge in [0.2, 0.25) is 5.28 Å². The third kappa shape index (κ3) is 3.20. The van der Waals surface area contributed by atoms with E-state index in [1.54, 1.807) is 0 Å². The lowest BCUT2D eigenvalue weighted by Gasteiger charge is -2.16. The van der Waals surface area contributed by atoms with Crippen molar-refractivity contribution >= 4 is 23.3 Å². The maximum atomic E-state index is 11.3. The van der Waals surface area contributed by atoms with E-state index in [4.69, 9.17) is 17.3 Å². The fraction of sp³-hybridized carbons (Fsp3) is 0.154. The summed E-state index contributed by atoms with van der Waals surface area (Å²) in [6, 6.07) is 9.73. The second kappa shape index (κ2) is 5.67. The second-order valence-corrected chi connectivity index (χ2v) is 4.38. The third-order valence-corrected chi connectivity index (χ3v) is 2.86. The van der Waals surface area contributed by atoms with Crippen LogP contribution in [0.15, 0.2) is 36.5 Å². The van der Waals surface area contributed by atoms with Crippen LogP contribution in [0.2, 0.25) is 5.28 Å². The fourth-order valence-electron chi connectivity index (χ4n) is 1.68. The Bertz CT molecular complexity index is 588. The van der Waals surface area contributed by atoms with Gasteiger partial charge in [-0.2, -0.15) is 4.98 Å². The molecule has 5 nitrogen and oxygen atoms in total. The van der Waals surface area contributed by atoms with Gasteiger partial charge in [0.15, 0.2) is 0 Å². The summed E-state index contributed by atoms with van der Waals surface area (Å²) >= 11 is 5.74. The molecule has 3 N–H and O–H groups in total. The number of hydrogen-bond acceptors (Lipinski definition) is 4. The van der Waals surface area contributed by atoms with Crippen molar-refractivity contribution < 1.29 is 4.79 Å². The van der Waals surface area contributed by atoms with Gasteiger partial charge < -0.3 is 11.1 Å². The minimum Gasteiger partial charge on any atom is -0.365 e. The summed E-state index contributed by atoms with van der Waals surface area (Å²) in [5.41, 5.74) is 6.55. The van der Waals surface area contributed by atoms with E-state index in [1.807, 2.05) is 37.3 Å². The number of nitrogens with one attached hydrogen (secondary N) is 1. The number of halogens is 1. The zero-order valence-corrected chi connectivity index (χ0v) is 11.1. The average molecular weight is 277 g/mol. The summed E-state index contributed by atoms with van der Waals surface area (Å²) in [6.07, 6.45) is 1.32. The molecule has 0 saturated carbocycles. The highest BCUT2D eigenvalue weighted by Gasteiger charge is 2.14. The molecule has 1 amide bonds. The molecule has 2 aromatic rings. The van der Waals surface area contributed by atoms with Crippen LogP contribution in [0.4, 0.5) is 5.82 Å². The van der Waals surface area contributed by atoms with Crippen molar-refractivity contribution in [1.82, 2.24) is 9.97 Å². The first-order chi connectivity index (χ1) is 9.08. The van der Waals surface area contributed by atoms with Crippen LogP contribution in [0.1, 0.15) is 28.9 Å². The number of anilines is 1. The molecule has 0 aliphatic carbocycles. The number of aromatic nitrogens is 2. The Morgan fingerprint density at radius 1 is 1.37 bits per heavy atom. The summed E-state index contributed by atoms with van der Waals surface area (Å²) in [7, 11) is 0. The molecule has 0 radical (unpaired) electrons. The molecule has 0 fully saturated rings. The zero-order valence-electron chi connectivity index (χ0n) is 10.3. The van der Waals surface area contributed by atoms with Crippen LogP contribution in [0.3, 0.4) is 0 Å². The van der Waals surface area contributed by atoms with E-state index in [0.717, 1.165) is 5.56 Å². The molecule has 6 heteroatoms. The topological polar surface area (TPSA) is 80.9 Å². The van der Waals surface area contributed by atoms with Crippen LogP contribution in [-0.2, 0) is 0 Å². The lowest BCUT2D eigenvalue weighted by Crippen LogP contribution is -2.17. The van der Waals surface area contributed by atoms with Gasteiger partial charge in [-0.15, -0.1) is 0 Å². The maximum absolute atomic E-state index is 11.3. The number of nitrogens with zero attached hydrogens (tertiary/aromatic N) is 2. The standard InChI is InChI=1S/C13H13ClN4O/c1-8(9-5-3-2-4-6-9)17-12-10(11(15)19)7-16-13(14)18-12/h2-8H,1H3,(H2,15,19)(H,16,17,18). The van der Waals surface area contributed by atoms with Crippen LogP contribution >= 0.6 is 11.6 Å². The largest absolute Gasteiger partial charge is 0.365 e. The number of benzene rings is 1. The molecule has 1 heterocycles. The van der Waals surface area contributed by atoms with E-state index in [2.05, 4.69) is 15.3 Å². The number of nitrogens with two attached hydrogens (primary N) is 1. The average Bonchev–Trinajstić information content (AvgIpc) is 2.39. The van der Waals surface area contributed by atoms with Crippen molar-refractivity contribution in [3.8, 4) is 0 Å². The first-order valence-electron chi connectivity index (χ1n) is 5.71. The molecule has 0 bridgehead atoms. The summed E-state index contributed by atoms with van der Waals surface area (Å²) < 4.78 is 0. The van der Waals surface area contributed by atoms with Gasteiger partial charge in [0.1, 0.15) is 5.82 Å². The van der Waals surface area contributed by atoms with E-state index >= 15 is 0 Å². The Hall–Kier alpha value is -2.14. The van der Waals surface area contributed by atoms with Crippen molar-refractivity contribution in [2.75, 3.05) is 5.32 Å². The Balaban J connectivity index is 2.28. The van der Waals surface area contributed by atoms with E-state index in [-0.39, 0.29) is 16.9 Å². The normalized spacial score (nSPS) is 11.9. The molecular formula is C13H13ClN4O. The summed E-state index contributed by atoms with van der Waals surface area (Å²) in [5, 5.41) is 3.18. The van der Waals surface area contributed by atoms with Gasteiger partial charge >= 0.3 is 0 Å². The summed E-state index contributed by atoms with van der Waals surface area (Å²) in [4.78, 5) is 19.1. The molecule has 0 aliphatic heterocycles. The second-order valence-electron chi connectivity index (χ2n) is 4.04. The predicted octanol–water partition coefficient (Wildman–Crippen LogP) is 2.40. The Kier molecular flexibility index (Phi) is 3.97. The smallest absolute Gasteiger partial charge is 0.254 e. The fourth-order valence-corrected chi connectivity index (χ4v) is 1.81. The van der Waals surface area contributed by atoms with Gasteiger partial charge in [-0.3, -0.25) is 4.79 Å². The number of amides is 1. The molecule has 1 atom stereocenters. The number of rotatable bonds is 4. The van der Waals surface area contributed by atoms with Crippen molar-refractivity contribution in [2.45, 2.75) is 13.0 Å². The minimum absolute atomic E-state index is 0.0368. The van der Waals surface area contributed by atoms with Gasteiger partial charge in [-0.1, -0.05) is 30.3 Å². The van der Waals surface area contributed by atoms with Crippen LogP contribution in [0.25, 0.3) is 0 Å². The molecule has 1 aromatic carbocycles. The van der Waals surface area contributed by atoms with Crippen molar-refractivity contribution in [1.29, 1.82) is 0 Å². The Labute approximate surface area is 115 Å². The van der Waals surface area contributed by atoms with Gasteiger partial charge in [0.05, 0.1) is 5.56 Å². The predicted molar refractivity (Wildman–Crippen MR) is 74.0 cm³/mol. The van der Waals surface area contributed by atoms with E-state index in [9.17, 15) is 4.79 Å². The first-order valence-corrected chi connectivity index (χ1v) is 6.09. The minimum atomic E-state index is -0.598. The molecule has 19 heavy (non-hydrogen) atoms. The highest BCUT2D eigenvalue weighted by Crippen LogP contribution is 2.21. The highest BCUT2D eigenvalue weighted by atomic mass is 35.5. The first kappa shape index (κ1) is 13.3. The van der Waals surface area contributed by atoms with Gasteiger partial charge in [0, 0.05) is 12.2 Å². The highest BCUT2D eigenvalue weighted by molar-refractivity contribution is 6.28. The summed E-state index contributed by atoms with van der Waals surface area (Å²) in [5.74, 6) is -0.261. The quantitative estimate of drug-likeness (QED) is 0.840. The lowest BCUT2D eigenvalue weighted by molar-refractivity contribution is 0.100. The lowest BCUT2D eigenvalue weighted by atomic mass is 10.1. The SMILES string of the molecule is CC(Nc1nc(Cl)ncc1C(N)=O)c1ccccc1. The molecule has 0 spiro atoms. The summed E-state index contributed by atoms with van der Waals surface area (Å²) in [6.45, 7) is 1.95. The zero-order chi connectivity index (χ0) is 13.8. The van der Waals surface area contributed by atoms with E-state index < -0.39 is 5.91 Å². The molecule has 1 unspecified atom stereocenters. The number of hydrogen-bond donors (Lipinski definition) is 2.